The van der Waals surface area contributed by atoms with Crippen molar-refractivity contribution in [2.75, 3.05) is 0 Å². The van der Waals surface area contributed by atoms with Crippen LogP contribution in [-0.2, 0) is 16.9 Å². The number of carbonyl (C=O) groups excluding carboxylic acids is 3. The Bertz CT molecular complexity index is 1250. The normalized spacial score (nSPS) is 17.6. The molecule has 4 amide bonds. The highest BCUT2D eigenvalue weighted by Gasteiger charge is 2.43. The Morgan fingerprint density at radius 3 is 2.18 bits per heavy atom. The van der Waals surface area contributed by atoms with Crippen LogP contribution in [-0.4, -0.2) is 22.4 Å². The van der Waals surface area contributed by atoms with E-state index < -0.39 is 11.6 Å². The first-order valence-electron chi connectivity index (χ1n) is 10.9. The third-order valence-corrected chi connectivity index (χ3v) is 6.17. The maximum absolute atomic E-state index is 13.0. The minimum Gasteiger partial charge on any atom is -0.348 e. The van der Waals surface area contributed by atoms with Crippen molar-refractivity contribution in [3.63, 3.8) is 0 Å². The van der Waals surface area contributed by atoms with Gasteiger partial charge in [0.25, 0.3) is 11.8 Å². The predicted molar refractivity (Wildman–Crippen MR) is 126 cm³/mol. The van der Waals surface area contributed by atoms with Crippen LogP contribution < -0.4 is 16.0 Å². The second-order valence-corrected chi connectivity index (χ2v) is 8.88. The molecule has 0 radical (unpaired) electrons. The van der Waals surface area contributed by atoms with E-state index in [0.29, 0.717) is 17.7 Å². The van der Waals surface area contributed by atoms with Gasteiger partial charge in [-0.1, -0.05) is 30.3 Å². The summed E-state index contributed by atoms with van der Waals surface area (Å²) < 4.78 is 2.10. The van der Waals surface area contributed by atoms with Crippen LogP contribution in [0.25, 0.3) is 5.69 Å². The summed E-state index contributed by atoms with van der Waals surface area (Å²) in [5.41, 5.74) is 6.41. The molecule has 7 nitrogen and oxygen atoms in total. The Kier molecular flexibility index (Phi) is 5.57. The van der Waals surface area contributed by atoms with Gasteiger partial charge in [0.1, 0.15) is 5.54 Å². The average molecular weight is 445 g/mol. The zero-order valence-electron chi connectivity index (χ0n) is 19.5. The van der Waals surface area contributed by atoms with Crippen molar-refractivity contribution in [1.29, 1.82) is 0 Å². The van der Waals surface area contributed by atoms with Gasteiger partial charge < -0.3 is 15.2 Å². The minimum atomic E-state index is -1.09. The van der Waals surface area contributed by atoms with Crippen LogP contribution in [0.1, 0.15) is 50.9 Å². The summed E-state index contributed by atoms with van der Waals surface area (Å²) in [4.78, 5) is 36.6. The maximum atomic E-state index is 13.0. The summed E-state index contributed by atoms with van der Waals surface area (Å²) in [6.45, 7) is 10.1. The highest BCUT2D eigenvalue weighted by atomic mass is 16.2. The Morgan fingerprint density at radius 2 is 1.61 bits per heavy atom. The van der Waals surface area contributed by atoms with Crippen LogP contribution >= 0.6 is 0 Å². The van der Waals surface area contributed by atoms with Gasteiger partial charge in [-0.2, -0.15) is 0 Å². The highest BCUT2D eigenvalue weighted by molar-refractivity contribution is 6.07. The van der Waals surface area contributed by atoms with Crippen LogP contribution in [0, 0.1) is 27.7 Å². The van der Waals surface area contributed by atoms with Crippen LogP contribution in [0.3, 0.4) is 0 Å². The van der Waals surface area contributed by atoms with E-state index in [9.17, 15) is 14.4 Å². The molecule has 3 N–H and O–H groups in total. The molecule has 1 unspecified atom stereocenters. The van der Waals surface area contributed by atoms with Crippen molar-refractivity contribution in [3.8, 4) is 5.69 Å². The quantitative estimate of drug-likeness (QED) is 0.524. The van der Waals surface area contributed by atoms with Crippen LogP contribution in [0.15, 0.2) is 48.5 Å². The van der Waals surface area contributed by atoms with E-state index in [1.807, 2.05) is 32.0 Å². The summed E-state index contributed by atoms with van der Waals surface area (Å²) >= 11 is 0. The lowest BCUT2D eigenvalue weighted by atomic mass is 9.91. The standard InChI is InChI=1S/C26H28N4O3/c1-15-10-16(2)12-21(11-15)30-17(3)13-22(18(30)4)23(31)27-14-19-6-8-20(9-7-19)26(5)24(32)28-25(33)29-26/h6-13H,14H2,1-5H3,(H,27,31)(H2,28,29,32,33). The third-order valence-electron chi connectivity index (χ3n) is 6.17. The van der Waals surface area contributed by atoms with Gasteiger partial charge in [0.2, 0.25) is 0 Å². The van der Waals surface area contributed by atoms with Gasteiger partial charge in [0, 0.05) is 23.6 Å². The number of carbonyl (C=O) groups is 3. The number of aryl methyl sites for hydroxylation is 3. The molecule has 1 saturated heterocycles. The first-order chi connectivity index (χ1) is 15.6. The Morgan fingerprint density at radius 1 is 0.970 bits per heavy atom. The van der Waals surface area contributed by atoms with E-state index in [1.165, 1.54) is 11.1 Å². The molecular weight excluding hydrogens is 416 g/mol. The molecule has 1 atom stereocenters. The largest absolute Gasteiger partial charge is 0.348 e. The third kappa shape index (κ3) is 4.14. The molecule has 0 aliphatic carbocycles. The first-order valence-corrected chi connectivity index (χ1v) is 10.9. The maximum Gasteiger partial charge on any atom is 0.322 e. The zero-order chi connectivity index (χ0) is 23.9. The molecule has 0 bridgehead atoms. The number of rotatable bonds is 5. The van der Waals surface area contributed by atoms with Crippen molar-refractivity contribution >= 4 is 17.8 Å². The molecule has 2 aromatic carbocycles. The molecule has 1 aliphatic heterocycles. The Balaban J connectivity index is 1.49. The van der Waals surface area contributed by atoms with Gasteiger partial charge in [-0.3, -0.25) is 14.9 Å². The molecule has 2 heterocycles. The Hall–Kier alpha value is -3.87. The van der Waals surface area contributed by atoms with E-state index >= 15 is 0 Å². The number of hydrogen-bond acceptors (Lipinski definition) is 3. The number of nitrogens with one attached hydrogen (secondary N) is 3. The fraction of sp³-hybridized carbons (Fsp3) is 0.269. The number of benzene rings is 2. The zero-order valence-corrected chi connectivity index (χ0v) is 19.5. The molecule has 1 aromatic heterocycles. The van der Waals surface area contributed by atoms with Gasteiger partial charge in [0.05, 0.1) is 5.56 Å². The predicted octanol–water partition coefficient (Wildman–Crippen LogP) is 3.70. The van der Waals surface area contributed by atoms with E-state index in [-0.39, 0.29) is 11.8 Å². The van der Waals surface area contributed by atoms with E-state index in [0.717, 1.165) is 22.6 Å². The van der Waals surface area contributed by atoms with Crippen LogP contribution in [0.2, 0.25) is 0 Å². The summed E-state index contributed by atoms with van der Waals surface area (Å²) in [7, 11) is 0. The number of urea groups is 1. The number of aromatic nitrogens is 1. The molecule has 3 aromatic rings. The second-order valence-electron chi connectivity index (χ2n) is 8.88. The van der Waals surface area contributed by atoms with Crippen molar-refractivity contribution in [1.82, 2.24) is 20.5 Å². The van der Waals surface area contributed by atoms with Gasteiger partial charge in [-0.25, -0.2) is 4.79 Å². The van der Waals surface area contributed by atoms with Crippen molar-refractivity contribution in [2.45, 2.75) is 46.7 Å². The van der Waals surface area contributed by atoms with Crippen LogP contribution in [0.4, 0.5) is 4.79 Å². The first kappa shape index (κ1) is 22.3. The minimum absolute atomic E-state index is 0.141. The van der Waals surface area contributed by atoms with E-state index in [4.69, 9.17) is 0 Å². The topological polar surface area (TPSA) is 92.2 Å². The second kappa shape index (κ2) is 8.24. The highest BCUT2D eigenvalue weighted by Crippen LogP contribution is 2.25. The Labute approximate surface area is 193 Å². The van der Waals surface area contributed by atoms with Gasteiger partial charge in [-0.05, 0) is 75.1 Å². The number of hydrogen-bond donors (Lipinski definition) is 3. The molecule has 4 rings (SSSR count). The fourth-order valence-corrected chi connectivity index (χ4v) is 4.45. The fourth-order valence-electron chi connectivity index (χ4n) is 4.45. The SMILES string of the molecule is Cc1cc(C)cc(-n2c(C)cc(C(=O)NCc3ccc(C4(C)NC(=O)NC4=O)cc3)c2C)c1. The molecule has 1 aliphatic rings. The molecule has 1 fully saturated rings. The summed E-state index contributed by atoms with van der Waals surface area (Å²) in [5, 5.41) is 7.89. The summed E-state index contributed by atoms with van der Waals surface area (Å²) in [5.74, 6) is -0.523. The van der Waals surface area contributed by atoms with Crippen LogP contribution in [0.5, 0.6) is 0 Å². The smallest absolute Gasteiger partial charge is 0.322 e. The molecule has 33 heavy (non-hydrogen) atoms. The van der Waals surface area contributed by atoms with Gasteiger partial charge >= 0.3 is 6.03 Å². The molecule has 0 spiro atoms. The van der Waals surface area contributed by atoms with Gasteiger partial charge in [0.15, 0.2) is 0 Å². The lowest BCUT2D eigenvalue weighted by Crippen LogP contribution is -2.40. The summed E-state index contributed by atoms with van der Waals surface area (Å²) in [6, 6.07) is 15.0. The summed E-state index contributed by atoms with van der Waals surface area (Å²) in [6.07, 6.45) is 0. The monoisotopic (exact) mass is 444 g/mol. The van der Waals surface area contributed by atoms with Crippen molar-refractivity contribution in [3.05, 3.63) is 87.7 Å². The molecule has 0 saturated carbocycles. The number of imide groups is 1. The van der Waals surface area contributed by atoms with E-state index in [1.54, 1.807) is 19.1 Å². The lowest BCUT2D eigenvalue weighted by molar-refractivity contribution is -0.123. The van der Waals surface area contributed by atoms with Gasteiger partial charge in [-0.15, -0.1) is 0 Å². The average Bonchev–Trinajstić information content (AvgIpc) is 3.19. The molecule has 7 heteroatoms. The van der Waals surface area contributed by atoms with Crippen molar-refractivity contribution < 1.29 is 14.4 Å². The van der Waals surface area contributed by atoms with E-state index in [2.05, 4.69) is 52.6 Å². The number of amides is 4. The number of nitrogens with zero attached hydrogens (tertiary/aromatic N) is 1. The van der Waals surface area contributed by atoms with Crippen molar-refractivity contribution in [2.24, 2.45) is 0 Å². The molecular formula is C26H28N4O3. The molecule has 170 valence electrons. The lowest BCUT2D eigenvalue weighted by Gasteiger charge is -2.21.